The van der Waals surface area contributed by atoms with Gasteiger partial charge in [0.2, 0.25) is 5.95 Å². The van der Waals surface area contributed by atoms with Gasteiger partial charge in [0.15, 0.2) is 0 Å². The summed E-state index contributed by atoms with van der Waals surface area (Å²) in [6, 6.07) is 10.6. The Bertz CT molecular complexity index is 1070. The molecule has 8 heteroatoms. The summed E-state index contributed by atoms with van der Waals surface area (Å²) in [5.41, 5.74) is 1.35. The summed E-state index contributed by atoms with van der Waals surface area (Å²) in [6.07, 6.45) is 6.71. The normalized spacial score (nSPS) is 19.8. The number of nitrogens with zero attached hydrogens (tertiary/aromatic N) is 6. The van der Waals surface area contributed by atoms with Gasteiger partial charge in [-0.05, 0) is 35.4 Å². The topological polar surface area (TPSA) is 66.9 Å². The van der Waals surface area contributed by atoms with E-state index in [9.17, 15) is 0 Å². The highest BCUT2D eigenvalue weighted by atomic mass is 16.5. The zero-order valence-corrected chi connectivity index (χ0v) is 20.0. The molecule has 0 radical (unpaired) electrons. The van der Waals surface area contributed by atoms with Crippen molar-refractivity contribution >= 4 is 22.5 Å². The first-order valence-electron chi connectivity index (χ1n) is 12.2. The van der Waals surface area contributed by atoms with Gasteiger partial charge in [-0.25, -0.2) is 4.98 Å². The van der Waals surface area contributed by atoms with E-state index in [1.165, 1.54) is 16.3 Å². The van der Waals surface area contributed by atoms with Crippen LogP contribution in [0.25, 0.3) is 10.8 Å². The molecular formula is C26H34N6O2. The minimum Gasteiger partial charge on any atom is -0.380 e. The van der Waals surface area contributed by atoms with E-state index in [0.717, 1.165) is 83.9 Å². The van der Waals surface area contributed by atoms with Gasteiger partial charge in [-0.2, -0.15) is 4.98 Å². The molecule has 2 fully saturated rings. The molecule has 0 aliphatic carbocycles. The fourth-order valence-electron chi connectivity index (χ4n) is 4.83. The maximum absolute atomic E-state index is 5.98. The van der Waals surface area contributed by atoms with Gasteiger partial charge in [0, 0.05) is 70.3 Å². The molecule has 0 amide bonds. The largest absolute Gasteiger partial charge is 0.380 e. The lowest BCUT2D eigenvalue weighted by Gasteiger charge is -2.29. The molecule has 5 rings (SSSR count). The highest BCUT2D eigenvalue weighted by Crippen LogP contribution is 2.22. The molecule has 2 saturated heterocycles. The summed E-state index contributed by atoms with van der Waals surface area (Å²) in [5, 5.41) is 2.50. The summed E-state index contributed by atoms with van der Waals surface area (Å²) in [5.74, 6) is 2.21. The Morgan fingerprint density at radius 1 is 1.03 bits per heavy atom. The van der Waals surface area contributed by atoms with Crippen LogP contribution in [0.2, 0.25) is 0 Å². The maximum Gasteiger partial charge on any atom is 0.227 e. The highest BCUT2D eigenvalue weighted by molar-refractivity contribution is 5.84. The summed E-state index contributed by atoms with van der Waals surface area (Å²) >= 11 is 0. The van der Waals surface area contributed by atoms with E-state index >= 15 is 0 Å². The first-order valence-corrected chi connectivity index (χ1v) is 12.2. The minimum atomic E-state index is 0.458. The zero-order chi connectivity index (χ0) is 23.2. The van der Waals surface area contributed by atoms with Crippen molar-refractivity contribution in [2.75, 3.05) is 82.5 Å². The number of pyridine rings is 1. The number of fused-ring (bicyclic) bond motifs is 1. The van der Waals surface area contributed by atoms with Crippen molar-refractivity contribution in [3.63, 3.8) is 0 Å². The van der Waals surface area contributed by atoms with Crippen LogP contribution in [0.3, 0.4) is 0 Å². The second-order valence-electron chi connectivity index (χ2n) is 9.20. The summed E-state index contributed by atoms with van der Waals surface area (Å²) < 4.78 is 11.5. The molecule has 0 saturated carbocycles. The van der Waals surface area contributed by atoms with Crippen molar-refractivity contribution in [1.82, 2.24) is 19.9 Å². The highest BCUT2D eigenvalue weighted by Gasteiger charge is 2.21. The van der Waals surface area contributed by atoms with Crippen LogP contribution in [0.1, 0.15) is 5.56 Å². The molecule has 2 aromatic heterocycles. The van der Waals surface area contributed by atoms with Crippen LogP contribution < -0.4 is 9.80 Å². The monoisotopic (exact) mass is 462 g/mol. The second-order valence-corrected chi connectivity index (χ2v) is 9.20. The Hall–Kier alpha value is -2.81. The molecule has 2 aliphatic rings. The molecular weight excluding hydrogens is 428 g/mol. The smallest absolute Gasteiger partial charge is 0.227 e. The van der Waals surface area contributed by atoms with E-state index in [1.807, 2.05) is 24.7 Å². The molecule has 0 spiro atoms. The van der Waals surface area contributed by atoms with Crippen LogP contribution in [0.4, 0.5) is 11.8 Å². The Labute approximate surface area is 201 Å². The first kappa shape index (κ1) is 23.0. The van der Waals surface area contributed by atoms with Crippen LogP contribution >= 0.6 is 0 Å². The molecule has 180 valence electrons. The molecule has 34 heavy (non-hydrogen) atoms. The molecule has 0 bridgehead atoms. The number of anilines is 2. The molecule has 1 aromatic carbocycles. The third-order valence-electron chi connectivity index (χ3n) is 6.76. The lowest BCUT2D eigenvalue weighted by molar-refractivity contribution is 0.122. The molecule has 3 aromatic rings. The number of rotatable bonds is 7. The Morgan fingerprint density at radius 2 is 1.91 bits per heavy atom. The van der Waals surface area contributed by atoms with Crippen LogP contribution in [-0.4, -0.2) is 92.6 Å². The minimum absolute atomic E-state index is 0.458. The van der Waals surface area contributed by atoms with E-state index in [0.29, 0.717) is 5.92 Å². The maximum atomic E-state index is 5.98. The lowest BCUT2D eigenvalue weighted by Crippen LogP contribution is -2.38. The van der Waals surface area contributed by atoms with E-state index in [4.69, 9.17) is 14.5 Å². The summed E-state index contributed by atoms with van der Waals surface area (Å²) in [7, 11) is 2.08. The van der Waals surface area contributed by atoms with Crippen molar-refractivity contribution in [2.45, 2.75) is 6.42 Å². The van der Waals surface area contributed by atoms with Crippen LogP contribution in [0.15, 0.2) is 48.9 Å². The molecule has 1 unspecified atom stereocenters. The first-order chi connectivity index (χ1) is 16.8. The van der Waals surface area contributed by atoms with Crippen molar-refractivity contribution in [3.05, 3.63) is 54.5 Å². The fourth-order valence-corrected chi connectivity index (χ4v) is 4.83. The predicted molar refractivity (Wildman–Crippen MR) is 135 cm³/mol. The van der Waals surface area contributed by atoms with Crippen molar-refractivity contribution < 1.29 is 9.47 Å². The van der Waals surface area contributed by atoms with Gasteiger partial charge in [0.1, 0.15) is 5.82 Å². The quantitative estimate of drug-likeness (QED) is 0.531. The SMILES string of the molecule is CN(CCN1CCOCC(Cc2cccc3ccncc23)C1)c1nccc(N2CCOCC2)n1. The molecule has 2 aliphatic heterocycles. The standard InChI is InChI=1S/C26H34N6O2/c1-30(26-28-8-6-25(29-26)32-12-15-33-16-13-32)9-10-31-11-14-34-20-21(19-31)17-23-4-2-3-22-5-7-27-18-24(22)23/h2-8,18,21H,9-17,19-20H2,1H3. The number of hydrogen-bond acceptors (Lipinski definition) is 8. The number of aromatic nitrogens is 3. The number of morpholine rings is 1. The number of ether oxygens (including phenoxy) is 2. The van der Waals surface area contributed by atoms with Crippen molar-refractivity contribution in [2.24, 2.45) is 5.92 Å². The third-order valence-corrected chi connectivity index (χ3v) is 6.76. The van der Waals surface area contributed by atoms with Gasteiger partial charge in [-0.1, -0.05) is 18.2 Å². The Balaban J connectivity index is 1.19. The van der Waals surface area contributed by atoms with Crippen LogP contribution in [0.5, 0.6) is 0 Å². The van der Waals surface area contributed by atoms with Crippen LogP contribution in [-0.2, 0) is 15.9 Å². The van der Waals surface area contributed by atoms with E-state index in [-0.39, 0.29) is 0 Å². The molecule has 1 atom stereocenters. The Morgan fingerprint density at radius 3 is 2.82 bits per heavy atom. The van der Waals surface area contributed by atoms with Crippen molar-refractivity contribution in [1.29, 1.82) is 0 Å². The number of hydrogen-bond donors (Lipinski definition) is 0. The summed E-state index contributed by atoms with van der Waals surface area (Å²) in [6.45, 7) is 8.65. The molecule has 0 N–H and O–H groups in total. The summed E-state index contributed by atoms with van der Waals surface area (Å²) in [4.78, 5) is 20.6. The second kappa shape index (κ2) is 11.1. The molecule has 4 heterocycles. The number of likely N-dealkylation sites (N-methyl/N-ethyl adjacent to an activating group) is 1. The zero-order valence-electron chi connectivity index (χ0n) is 20.0. The van der Waals surface area contributed by atoms with Crippen LogP contribution in [0, 0.1) is 5.92 Å². The lowest BCUT2D eigenvalue weighted by atomic mass is 9.96. The van der Waals surface area contributed by atoms with Gasteiger partial charge < -0.3 is 19.3 Å². The van der Waals surface area contributed by atoms with E-state index < -0.39 is 0 Å². The fraction of sp³-hybridized carbons (Fsp3) is 0.500. The van der Waals surface area contributed by atoms with Gasteiger partial charge in [0.05, 0.1) is 26.4 Å². The average molecular weight is 463 g/mol. The van der Waals surface area contributed by atoms with E-state index in [1.54, 1.807) is 0 Å². The molecule has 8 nitrogen and oxygen atoms in total. The van der Waals surface area contributed by atoms with Gasteiger partial charge in [0.25, 0.3) is 0 Å². The van der Waals surface area contributed by atoms with Gasteiger partial charge >= 0.3 is 0 Å². The average Bonchev–Trinajstić information content (AvgIpc) is 3.13. The third kappa shape index (κ3) is 5.63. The Kier molecular flexibility index (Phi) is 7.48. The van der Waals surface area contributed by atoms with Gasteiger partial charge in [-0.15, -0.1) is 0 Å². The van der Waals surface area contributed by atoms with E-state index in [2.05, 4.69) is 56.0 Å². The van der Waals surface area contributed by atoms with Gasteiger partial charge in [-0.3, -0.25) is 9.88 Å². The predicted octanol–water partition coefficient (Wildman–Crippen LogP) is 2.49. The number of benzene rings is 1. The van der Waals surface area contributed by atoms with Crippen molar-refractivity contribution in [3.8, 4) is 0 Å².